The van der Waals surface area contributed by atoms with Gasteiger partial charge in [-0.05, 0) is 42.8 Å². The van der Waals surface area contributed by atoms with Crippen LogP contribution in [0.3, 0.4) is 0 Å². The Morgan fingerprint density at radius 1 is 1.15 bits per heavy atom. The average molecular weight is 362 g/mol. The number of hydrogen-bond donors (Lipinski definition) is 1. The lowest BCUT2D eigenvalue weighted by atomic mass is 10.1. The number of aryl methyl sites for hydroxylation is 2. The van der Waals surface area contributed by atoms with Gasteiger partial charge in [0.15, 0.2) is 6.61 Å². The van der Waals surface area contributed by atoms with Crippen LogP contribution in [-0.4, -0.2) is 17.1 Å². The minimum absolute atomic E-state index is 0.148. The molecule has 0 aliphatic carbocycles. The first kappa shape index (κ1) is 16.9. The van der Waals surface area contributed by atoms with E-state index in [4.69, 9.17) is 9.15 Å². The third kappa shape index (κ3) is 3.29. The summed E-state index contributed by atoms with van der Waals surface area (Å²) in [5, 5.41) is 4.68. The van der Waals surface area contributed by atoms with Gasteiger partial charge in [0.05, 0.1) is 5.69 Å². The molecule has 1 N–H and O–H groups in total. The third-order valence-electron chi connectivity index (χ3n) is 4.49. The first-order valence-electron chi connectivity index (χ1n) is 8.52. The summed E-state index contributed by atoms with van der Waals surface area (Å²) in [5.41, 5.74) is 2.63. The molecule has 0 aliphatic rings. The van der Waals surface area contributed by atoms with Gasteiger partial charge in [-0.1, -0.05) is 6.07 Å². The van der Waals surface area contributed by atoms with Crippen LogP contribution < -0.4 is 15.7 Å². The van der Waals surface area contributed by atoms with Gasteiger partial charge < -0.3 is 19.0 Å². The van der Waals surface area contributed by atoms with Gasteiger partial charge in [0, 0.05) is 41.7 Å². The Hall–Kier alpha value is -3.54. The molecule has 2 aromatic heterocycles. The summed E-state index contributed by atoms with van der Waals surface area (Å²) in [6.07, 6.45) is 1.95. The number of nitrogens with one attached hydrogen (secondary N) is 1. The number of benzene rings is 2. The molecule has 0 saturated carbocycles. The summed E-state index contributed by atoms with van der Waals surface area (Å²) in [6, 6.07) is 14.3. The van der Waals surface area contributed by atoms with E-state index < -0.39 is 5.63 Å². The second-order valence-electron chi connectivity index (χ2n) is 6.41. The fraction of sp³-hybridized carbons (Fsp3) is 0.143. The molecule has 0 unspecified atom stereocenters. The molecule has 4 rings (SSSR count). The summed E-state index contributed by atoms with van der Waals surface area (Å²) in [6.45, 7) is 1.70. The second kappa shape index (κ2) is 6.64. The fourth-order valence-corrected chi connectivity index (χ4v) is 3.14. The predicted molar refractivity (Wildman–Crippen MR) is 104 cm³/mol. The number of fused-ring (bicyclic) bond motifs is 2. The van der Waals surface area contributed by atoms with E-state index in [2.05, 4.69) is 5.32 Å². The number of nitrogens with zero attached hydrogens (tertiary/aromatic N) is 1. The van der Waals surface area contributed by atoms with Crippen molar-refractivity contribution in [2.45, 2.75) is 6.92 Å². The van der Waals surface area contributed by atoms with Crippen LogP contribution in [0, 0.1) is 6.92 Å². The first-order valence-corrected chi connectivity index (χ1v) is 8.52. The van der Waals surface area contributed by atoms with E-state index in [9.17, 15) is 9.59 Å². The Kier molecular flexibility index (Phi) is 4.16. The highest BCUT2D eigenvalue weighted by molar-refractivity contribution is 6.02. The monoisotopic (exact) mass is 362 g/mol. The zero-order valence-corrected chi connectivity index (χ0v) is 15.0. The highest BCUT2D eigenvalue weighted by Crippen LogP contribution is 2.24. The maximum Gasteiger partial charge on any atom is 0.336 e. The maximum absolute atomic E-state index is 12.3. The van der Waals surface area contributed by atoms with Crippen molar-refractivity contribution in [3.63, 3.8) is 0 Å². The van der Waals surface area contributed by atoms with Crippen LogP contribution >= 0.6 is 0 Å². The lowest BCUT2D eigenvalue weighted by Gasteiger charge is -2.09. The Morgan fingerprint density at radius 3 is 2.85 bits per heavy atom. The van der Waals surface area contributed by atoms with Crippen molar-refractivity contribution in [3.8, 4) is 5.75 Å². The Balaban J connectivity index is 1.49. The molecule has 6 heteroatoms. The van der Waals surface area contributed by atoms with E-state index in [1.165, 1.54) is 6.07 Å². The van der Waals surface area contributed by atoms with E-state index in [0.29, 0.717) is 11.3 Å². The highest BCUT2D eigenvalue weighted by atomic mass is 16.5. The lowest BCUT2D eigenvalue weighted by molar-refractivity contribution is -0.118. The summed E-state index contributed by atoms with van der Waals surface area (Å²) in [7, 11) is 1.96. The molecule has 0 radical (unpaired) electrons. The number of hydrogen-bond acceptors (Lipinski definition) is 4. The Labute approximate surface area is 155 Å². The molecule has 2 aromatic carbocycles. The molecule has 0 atom stereocenters. The van der Waals surface area contributed by atoms with Crippen LogP contribution in [-0.2, 0) is 11.8 Å². The van der Waals surface area contributed by atoms with Crippen LogP contribution in [0.4, 0.5) is 5.69 Å². The zero-order chi connectivity index (χ0) is 19.0. The summed E-state index contributed by atoms with van der Waals surface area (Å²) in [4.78, 5) is 23.8. The molecule has 6 nitrogen and oxygen atoms in total. The van der Waals surface area contributed by atoms with Crippen molar-refractivity contribution in [3.05, 3.63) is 70.7 Å². The average Bonchev–Trinajstić information content (AvgIpc) is 3.02. The fourth-order valence-electron chi connectivity index (χ4n) is 3.14. The number of anilines is 1. The normalized spacial score (nSPS) is 11.0. The van der Waals surface area contributed by atoms with Gasteiger partial charge in [-0.25, -0.2) is 4.79 Å². The Morgan fingerprint density at radius 2 is 2.00 bits per heavy atom. The van der Waals surface area contributed by atoms with Crippen molar-refractivity contribution in [2.24, 2.45) is 7.05 Å². The zero-order valence-electron chi connectivity index (χ0n) is 15.0. The van der Waals surface area contributed by atoms with Gasteiger partial charge in [0.25, 0.3) is 5.91 Å². The molecule has 0 saturated heterocycles. The van der Waals surface area contributed by atoms with Crippen LogP contribution in [0.25, 0.3) is 21.9 Å². The molecule has 0 bridgehead atoms. The number of ether oxygens (including phenoxy) is 1. The van der Waals surface area contributed by atoms with Gasteiger partial charge in [0.1, 0.15) is 11.3 Å². The van der Waals surface area contributed by atoms with Crippen LogP contribution in [0.5, 0.6) is 5.75 Å². The largest absolute Gasteiger partial charge is 0.484 e. The van der Waals surface area contributed by atoms with Crippen molar-refractivity contribution in [1.29, 1.82) is 0 Å². The molecule has 27 heavy (non-hydrogen) atoms. The molecule has 1 amide bonds. The number of amides is 1. The predicted octanol–water partition coefficient (Wildman–Crippen LogP) is 3.61. The summed E-state index contributed by atoms with van der Waals surface area (Å²) < 4.78 is 12.8. The SMILES string of the molecule is Cc1cc(=O)oc2cc(OCC(=O)Nc3cccc4c3ccn4C)ccc12. The number of aromatic nitrogens is 1. The van der Waals surface area contributed by atoms with Gasteiger partial charge in [-0.3, -0.25) is 4.79 Å². The van der Waals surface area contributed by atoms with Crippen molar-refractivity contribution >= 4 is 33.5 Å². The quantitative estimate of drug-likeness (QED) is 0.563. The summed E-state index contributed by atoms with van der Waals surface area (Å²) >= 11 is 0. The third-order valence-corrected chi connectivity index (χ3v) is 4.49. The molecule has 4 aromatic rings. The standard InChI is InChI=1S/C21H18N2O4/c1-13-10-21(25)27-19-11-14(6-7-15(13)19)26-12-20(24)22-17-4-3-5-18-16(17)8-9-23(18)2/h3-11H,12H2,1-2H3,(H,22,24). The molecular formula is C21H18N2O4. The van der Waals surface area contributed by atoms with E-state index in [1.54, 1.807) is 12.1 Å². The van der Waals surface area contributed by atoms with E-state index in [1.807, 2.05) is 55.1 Å². The van der Waals surface area contributed by atoms with Crippen molar-refractivity contribution in [1.82, 2.24) is 4.57 Å². The van der Waals surface area contributed by atoms with Gasteiger partial charge >= 0.3 is 5.63 Å². The van der Waals surface area contributed by atoms with Crippen molar-refractivity contribution in [2.75, 3.05) is 11.9 Å². The number of rotatable bonds is 4. The number of carbonyl (C=O) groups excluding carboxylic acids is 1. The highest BCUT2D eigenvalue weighted by Gasteiger charge is 2.09. The first-order chi connectivity index (χ1) is 13.0. The minimum Gasteiger partial charge on any atom is -0.484 e. The van der Waals surface area contributed by atoms with Gasteiger partial charge in [-0.15, -0.1) is 0 Å². The molecule has 0 spiro atoms. The van der Waals surface area contributed by atoms with E-state index >= 15 is 0 Å². The molecule has 0 aliphatic heterocycles. The molecule has 136 valence electrons. The number of carbonyl (C=O) groups is 1. The van der Waals surface area contributed by atoms with E-state index in [0.717, 1.165) is 27.5 Å². The van der Waals surface area contributed by atoms with Crippen LogP contribution in [0.15, 0.2) is 63.9 Å². The lowest BCUT2D eigenvalue weighted by Crippen LogP contribution is -2.20. The second-order valence-corrected chi connectivity index (χ2v) is 6.41. The van der Waals surface area contributed by atoms with E-state index in [-0.39, 0.29) is 12.5 Å². The molecule has 0 fully saturated rings. The minimum atomic E-state index is -0.411. The van der Waals surface area contributed by atoms with Gasteiger partial charge in [-0.2, -0.15) is 0 Å². The smallest absolute Gasteiger partial charge is 0.336 e. The topological polar surface area (TPSA) is 73.5 Å². The molecular weight excluding hydrogens is 344 g/mol. The van der Waals surface area contributed by atoms with Gasteiger partial charge in [0.2, 0.25) is 0 Å². The summed E-state index contributed by atoms with van der Waals surface area (Å²) in [5.74, 6) is 0.196. The van der Waals surface area contributed by atoms with Crippen LogP contribution in [0.2, 0.25) is 0 Å². The maximum atomic E-state index is 12.3. The van der Waals surface area contributed by atoms with Crippen molar-refractivity contribution < 1.29 is 13.9 Å². The Bertz CT molecular complexity index is 1220. The van der Waals surface area contributed by atoms with Crippen LogP contribution in [0.1, 0.15) is 5.56 Å². The molecule has 2 heterocycles.